The number of halogens is 3. The van der Waals surface area contributed by atoms with Crippen molar-refractivity contribution in [3.8, 4) is 0 Å². The molecule has 0 aromatic heterocycles. The quantitative estimate of drug-likeness (QED) is 0.832. The molecule has 0 aliphatic carbocycles. The number of anilines is 2. The fraction of sp³-hybridized carbons (Fsp3) is 0.462. The van der Waals surface area contributed by atoms with E-state index in [-0.39, 0.29) is 23.8 Å². The number of nitrogens with one attached hydrogen (secondary N) is 1. The Morgan fingerprint density at radius 1 is 1.33 bits per heavy atom. The fourth-order valence-corrected chi connectivity index (χ4v) is 2.04. The minimum Gasteiger partial charge on any atom is -0.398 e. The van der Waals surface area contributed by atoms with Crippen LogP contribution in [0, 0.1) is 0 Å². The topological polar surface area (TPSA) is 67.6 Å². The highest BCUT2D eigenvalue weighted by atomic mass is 19.4. The summed E-state index contributed by atoms with van der Waals surface area (Å²) in [5, 5.41) is 2.45. The first kappa shape index (κ1) is 15.6. The van der Waals surface area contributed by atoms with E-state index in [9.17, 15) is 18.0 Å². The molecule has 1 aromatic carbocycles. The molecule has 8 heteroatoms. The van der Waals surface area contributed by atoms with Crippen LogP contribution in [0.15, 0.2) is 18.2 Å². The number of morpholine rings is 1. The largest absolute Gasteiger partial charge is 0.418 e. The van der Waals surface area contributed by atoms with Gasteiger partial charge in [0.2, 0.25) is 5.91 Å². The Morgan fingerprint density at radius 2 is 2.00 bits per heavy atom. The van der Waals surface area contributed by atoms with Gasteiger partial charge >= 0.3 is 6.18 Å². The summed E-state index contributed by atoms with van der Waals surface area (Å²) < 4.78 is 43.3. The number of benzene rings is 1. The molecule has 1 aliphatic heterocycles. The summed E-state index contributed by atoms with van der Waals surface area (Å²) in [6, 6.07) is 3.32. The summed E-state index contributed by atoms with van der Waals surface area (Å²) in [6.07, 6.45) is -4.55. The molecule has 21 heavy (non-hydrogen) atoms. The van der Waals surface area contributed by atoms with Gasteiger partial charge < -0.3 is 15.8 Å². The molecule has 0 unspecified atom stereocenters. The number of alkyl halides is 3. The lowest BCUT2D eigenvalue weighted by atomic mass is 10.1. The average molecular weight is 303 g/mol. The minimum atomic E-state index is -4.55. The molecule has 1 fully saturated rings. The van der Waals surface area contributed by atoms with Crippen molar-refractivity contribution in [1.82, 2.24) is 4.90 Å². The minimum absolute atomic E-state index is 0.0785. The molecule has 116 valence electrons. The van der Waals surface area contributed by atoms with Crippen LogP contribution in [0.4, 0.5) is 24.5 Å². The summed E-state index contributed by atoms with van der Waals surface area (Å²) in [6.45, 7) is 2.47. The van der Waals surface area contributed by atoms with Crippen LogP contribution in [0.2, 0.25) is 0 Å². The Balaban J connectivity index is 2.00. The highest BCUT2D eigenvalue weighted by Gasteiger charge is 2.33. The number of nitrogen functional groups attached to an aromatic ring is 1. The predicted octanol–water partition coefficient (Wildman–Crippen LogP) is 1.56. The average Bonchev–Trinajstić information content (AvgIpc) is 2.41. The van der Waals surface area contributed by atoms with E-state index >= 15 is 0 Å². The van der Waals surface area contributed by atoms with Crippen molar-refractivity contribution in [1.29, 1.82) is 0 Å². The third-order valence-electron chi connectivity index (χ3n) is 3.11. The Labute approximate surface area is 119 Å². The Kier molecular flexibility index (Phi) is 4.69. The summed E-state index contributed by atoms with van der Waals surface area (Å²) in [5.74, 6) is -0.366. The molecule has 0 radical (unpaired) electrons. The summed E-state index contributed by atoms with van der Waals surface area (Å²) in [5.41, 5.74) is 4.06. The lowest BCUT2D eigenvalue weighted by molar-refractivity contribution is -0.137. The summed E-state index contributed by atoms with van der Waals surface area (Å²) in [7, 11) is 0. The van der Waals surface area contributed by atoms with Gasteiger partial charge in [-0.15, -0.1) is 0 Å². The van der Waals surface area contributed by atoms with Crippen molar-refractivity contribution < 1.29 is 22.7 Å². The standard InChI is InChI=1S/C13H16F3N3O2/c14-13(15,16)10-7-9(1-2-11(10)17)18-12(20)8-19-3-5-21-6-4-19/h1-2,7H,3-6,8,17H2,(H,18,20). The van der Waals surface area contributed by atoms with Gasteiger partial charge in [-0.05, 0) is 18.2 Å². The van der Waals surface area contributed by atoms with Crippen LogP contribution in [-0.4, -0.2) is 43.7 Å². The van der Waals surface area contributed by atoms with Crippen LogP contribution >= 0.6 is 0 Å². The number of amides is 1. The number of rotatable bonds is 3. The second-order valence-corrected chi connectivity index (χ2v) is 4.74. The van der Waals surface area contributed by atoms with E-state index in [0.29, 0.717) is 26.3 Å². The van der Waals surface area contributed by atoms with Gasteiger partial charge in [0.15, 0.2) is 0 Å². The Bertz CT molecular complexity index is 514. The van der Waals surface area contributed by atoms with Gasteiger partial charge in [-0.1, -0.05) is 0 Å². The maximum absolute atomic E-state index is 12.7. The number of carbonyl (C=O) groups is 1. The van der Waals surface area contributed by atoms with Crippen LogP contribution in [0.25, 0.3) is 0 Å². The van der Waals surface area contributed by atoms with Crippen molar-refractivity contribution in [2.24, 2.45) is 0 Å². The van der Waals surface area contributed by atoms with Gasteiger partial charge in [0.25, 0.3) is 0 Å². The molecule has 1 aliphatic rings. The zero-order valence-electron chi connectivity index (χ0n) is 11.2. The smallest absolute Gasteiger partial charge is 0.398 e. The molecule has 1 saturated heterocycles. The molecule has 0 spiro atoms. The molecule has 0 atom stereocenters. The zero-order chi connectivity index (χ0) is 15.5. The van der Waals surface area contributed by atoms with Crippen molar-refractivity contribution in [3.63, 3.8) is 0 Å². The highest BCUT2D eigenvalue weighted by Crippen LogP contribution is 2.35. The summed E-state index contributed by atoms with van der Waals surface area (Å²) >= 11 is 0. The van der Waals surface area contributed by atoms with Gasteiger partial charge in [0.1, 0.15) is 0 Å². The van der Waals surface area contributed by atoms with E-state index in [2.05, 4.69) is 5.32 Å². The first-order chi connectivity index (χ1) is 9.86. The fourth-order valence-electron chi connectivity index (χ4n) is 2.04. The monoisotopic (exact) mass is 303 g/mol. The van der Waals surface area contributed by atoms with E-state index in [1.54, 1.807) is 0 Å². The number of hydrogen-bond acceptors (Lipinski definition) is 4. The van der Waals surface area contributed by atoms with E-state index in [1.165, 1.54) is 6.07 Å². The van der Waals surface area contributed by atoms with E-state index in [4.69, 9.17) is 10.5 Å². The maximum Gasteiger partial charge on any atom is 0.418 e. The lowest BCUT2D eigenvalue weighted by Gasteiger charge is -2.25. The molecular weight excluding hydrogens is 287 g/mol. The van der Waals surface area contributed by atoms with Gasteiger partial charge in [0.05, 0.1) is 25.3 Å². The zero-order valence-corrected chi connectivity index (χ0v) is 11.2. The number of hydrogen-bond donors (Lipinski definition) is 2. The van der Waals surface area contributed by atoms with Crippen LogP contribution in [-0.2, 0) is 15.7 Å². The van der Waals surface area contributed by atoms with Crippen molar-refractivity contribution in [3.05, 3.63) is 23.8 Å². The summed E-state index contributed by atoms with van der Waals surface area (Å²) in [4.78, 5) is 13.7. The maximum atomic E-state index is 12.7. The van der Waals surface area contributed by atoms with Gasteiger partial charge in [-0.25, -0.2) is 0 Å². The molecule has 2 rings (SSSR count). The van der Waals surface area contributed by atoms with Crippen LogP contribution in [0.3, 0.4) is 0 Å². The van der Waals surface area contributed by atoms with E-state index in [1.807, 2.05) is 4.90 Å². The van der Waals surface area contributed by atoms with Crippen molar-refractivity contribution in [2.75, 3.05) is 43.9 Å². The molecular formula is C13H16F3N3O2. The molecule has 1 heterocycles. The Hall–Kier alpha value is -1.80. The van der Waals surface area contributed by atoms with Gasteiger partial charge in [-0.3, -0.25) is 9.69 Å². The van der Waals surface area contributed by atoms with Crippen LogP contribution in [0.1, 0.15) is 5.56 Å². The second kappa shape index (κ2) is 6.31. The molecule has 5 nitrogen and oxygen atoms in total. The number of ether oxygens (including phenoxy) is 1. The predicted molar refractivity (Wildman–Crippen MR) is 71.7 cm³/mol. The van der Waals surface area contributed by atoms with Crippen molar-refractivity contribution >= 4 is 17.3 Å². The lowest BCUT2D eigenvalue weighted by Crippen LogP contribution is -2.41. The Morgan fingerprint density at radius 3 is 2.62 bits per heavy atom. The normalized spacial score (nSPS) is 16.7. The molecule has 3 N–H and O–H groups in total. The van der Waals surface area contributed by atoms with E-state index < -0.39 is 11.7 Å². The number of nitrogens with zero attached hydrogens (tertiary/aromatic N) is 1. The highest BCUT2D eigenvalue weighted by molar-refractivity contribution is 5.92. The van der Waals surface area contributed by atoms with Crippen molar-refractivity contribution in [2.45, 2.75) is 6.18 Å². The third-order valence-corrected chi connectivity index (χ3v) is 3.11. The number of nitrogens with two attached hydrogens (primary N) is 1. The molecule has 1 aromatic rings. The van der Waals surface area contributed by atoms with Crippen LogP contribution in [0.5, 0.6) is 0 Å². The first-order valence-electron chi connectivity index (χ1n) is 6.43. The molecule has 0 bridgehead atoms. The first-order valence-corrected chi connectivity index (χ1v) is 6.43. The van der Waals surface area contributed by atoms with Gasteiger partial charge in [0, 0.05) is 24.5 Å². The molecule has 0 saturated carbocycles. The third kappa shape index (κ3) is 4.33. The van der Waals surface area contributed by atoms with Gasteiger partial charge in [-0.2, -0.15) is 13.2 Å². The second-order valence-electron chi connectivity index (χ2n) is 4.74. The van der Waals surface area contributed by atoms with E-state index in [0.717, 1.165) is 12.1 Å². The SMILES string of the molecule is Nc1ccc(NC(=O)CN2CCOCC2)cc1C(F)(F)F. The number of carbonyl (C=O) groups excluding carboxylic acids is 1. The molecule has 1 amide bonds. The van der Waals surface area contributed by atoms with Crippen LogP contribution < -0.4 is 11.1 Å².